The monoisotopic (exact) mass is 264 g/mol. The zero-order chi connectivity index (χ0) is 10.7. The number of amides is 1. The van der Waals surface area contributed by atoms with Gasteiger partial charge in [0.2, 0.25) is 5.91 Å². The molecule has 0 aliphatic carbocycles. The van der Waals surface area contributed by atoms with Crippen molar-refractivity contribution in [2.24, 2.45) is 0 Å². The summed E-state index contributed by atoms with van der Waals surface area (Å²) in [6.07, 6.45) is -0.600. The van der Waals surface area contributed by atoms with Gasteiger partial charge in [0.15, 0.2) is 0 Å². The van der Waals surface area contributed by atoms with Crippen molar-refractivity contribution < 1.29 is 9.18 Å². The summed E-state index contributed by atoms with van der Waals surface area (Å²) >= 11 is 1.60. The molecule has 0 unspecified atom stereocenters. The van der Waals surface area contributed by atoms with Crippen molar-refractivity contribution in [3.8, 4) is 0 Å². The Morgan fingerprint density at radius 1 is 1.69 bits per heavy atom. The lowest BCUT2D eigenvalue weighted by atomic mass is 10.2. The third kappa shape index (κ3) is 3.43. The van der Waals surface area contributed by atoms with Crippen LogP contribution in [0.15, 0.2) is 16.8 Å². The number of thiophene rings is 1. The van der Waals surface area contributed by atoms with E-state index in [1.165, 1.54) is 0 Å². The summed E-state index contributed by atoms with van der Waals surface area (Å²) in [7, 11) is 0. The number of carbonyl (C=O) groups is 1. The van der Waals surface area contributed by atoms with E-state index >= 15 is 0 Å². The Morgan fingerprint density at radius 3 is 3.06 bits per heavy atom. The molecule has 1 amide bonds. The number of hydrogen-bond donors (Lipinski definition) is 2. The molecule has 2 N–H and O–H groups in total. The molecule has 0 spiro atoms. The summed E-state index contributed by atoms with van der Waals surface area (Å²) in [5, 5.41) is 9.59. The number of alkyl halides is 1. The number of rotatable bonds is 3. The van der Waals surface area contributed by atoms with E-state index in [-0.39, 0.29) is 37.3 Å². The minimum atomic E-state index is -0.887. The number of hydrogen-bond acceptors (Lipinski definition) is 3. The molecule has 0 bridgehead atoms. The van der Waals surface area contributed by atoms with Crippen LogP contribution in [0.1, 0.15) is 12.0 Å². The van der Waals surface area contributed by atoms with Gasteiger partial charge in [0.25, 0.3) is 0 Å². The first kappa shape index (κ1) is 13.4. The summed E-state index contributed by atoms with van der Waals surface area (Å²) in [5.74, 6) is -0.110. The van der Waals surface area contributed by atoms with Gasteiger partial charge in [0.1, 0.15) is 6.17 Å². The van der Waals surface area contributed by atoms with E-state index in [0.717, 1.165) is 5.56 Å². The maximum atomic E-state index is 12.8. The van der Waals surface area contributed by atoms with Crippen LogP contribution >= 0.6 is 23.7 Å². The fourth-order valence-electron chi connectivity index (χ4n) is 1.60. The molecule has 90 valence electrons. The Kier molecular flexibility index (Phi) is 5.18. The lowest BCUT2D eigenvalue weighted by Crippen LogP contribution is -2.39. The first-order chi connectivity index (χ1) is 7.25. The first-order valence-corrected chi connectivity index (χ1v) is 5.86. The third-order valence-electron chi connectivity index (χ3n) is 2.44. The van der Waals surface area contributed by atoms with Gasteiger partial charge in [-0.2, -0.15) is 11.3 Å². The highest BCUT2D eigenvalue weighted by Gasteiger charge is 2.28. The van der Waals surface area contributed by atoms with E-state index in [0.29, 0.717) is 6.54 Å². The lowest BCUT2D eigenvalue weighted by Gasteiger charge is -2.09. The second kappa shape index (κ2) is 6.18. The highest BCUT2D eigenvalue weighted by Crippen LogP contribution is 2.10. The molecule has 2 heterocycles. The molecule has 1 fully saturated rings. The molecule has 16 heavy (non-hydrogen) atoms. The molecular formula is C10H14ClFN2OS. The second-order valence-electron chi connectivity index (χ2n) is 3.64. The zero-order valence-electron chi connectivity index (χ0n) is 8.61. The summed E-state index contributed by atoms with van der Waals surface area (Å²) in [6.45, 7) is 0.813. The Hall–Kier alpha value is -0.650. The van der Waals surface area contributed by atoms with Crippen LogP contribution in [0.25, 0.3) is 0 Å². The van der Waals surface area contributed by atoms with Gasteiger partial charge in [-0.25, -0.2) is 4.39 Å². The van der Waals surface area contributed by atoms with Crippen molar-refractivity contribution >= 4 is 29.7 Å². The molecule has 2 atom stereocenters. The van der Waals surface area contributed by atoms with Crippen molar-refractivity contribution in [2.45, 2.75) is 25.2 Å². The lowest BCUT2D eigenvalue weighted by molar-refractivity contribution is -0.123. The van der Waals surface area contributed by atoms with Gasteiger partial charge in [-0.1, -0.05) is 0 Å². The van der Waals surface area contributed by atoms with E-state index in [1.54, 1.807) is 11.3 Å². The van der Waals surface area contributed by atoms with Crippen molar-refractivity contribution in [1.82, 2.24) is 10.6 Å². The molecule has 0 aromatic carbocycles. The predicted octanol–water partition coefficient (Wildman–Crippen LogP) is 1.49. The SMILES string of the molecule is Cl.O=C(NCc1ccsc1)[C@H]1C[C@H](F)CN1. The number of nitrogens with one attached hydrogen (secondary N) is 2. The Bertz CT molecular complexity index is 334. The average Bonchev–Trinajstić information content (AvgIpc) is 2.84. The van der Waals surface area contributed by atoms with Crippen molar-refractivity contribution in [2.75, 3.05) is 6.54 Å². The minimum absolute atomic E-state index is 0. The van der Waals surface area contributed by atoms with Gasteiger partial charge in [0, 0.05) is 19.5 Å². The summed E-state index contributed by atoms with van der Waals surface area (Å²) in [4.78, 5) is 11.5. The molecule has 1 saturated heterocycles. The minimum Gasteiger partial charge on any atom is -0.351 e. The first-order valence-electron chi connectivity index (χ1n) is 4.92. The molecule has 2 rings (SSSR count). The van der Waals surface area contributed by atoms with Gasteiger partial charge < -0.3 is 10.6 Å². The summed E-state index contributed by atoms with van der Waals surface area (Å²) < 4.78 is 12.8. The van der Waals surface area contributed by atoms with Crippen molar-refractivity contribution in [1.29, 1.82) is 0 Å². The third-order valence-corrected chi connectivity index (χ3v) is 3.17. The Morgan fingerprint density at radius 2 is 2.50 bits per heavy atom. The fraction of sp³-hybridized carbons (Fsp3) is 0.500. The summed E-state index contributed by atoms with van der Waals surface area (Å²) in [5.41, 5.74) is 1.09. The van der Waals surface area contributed by atoms with E-state index in [9.17, 15) is 9.18 Å². The number of halogens is 2. The molecule has 6 heteroatoms. The van der Waals surface area contributed by atoms with Crippen molar-refractivity contribution in [3.63, 3.8) is 0 Å². The van der Waals surface area contributed by atoms with E-state index < -0.39 is 6.17 Å². The molecule has 1 aliphatic rings. The largest absolute Gasteiger partial charge is 0.351 e. The van der Waals surface area contributed by atoms with Crippen LogP contribution in [0.3, 0.4) is 0 Å². The molecule has 3 nitrogen and oxygen atoms in total. The smallest absolute Gasteiger partial charge is 0.237 e. The van der Waals surface area contributed by atoms with Gasteiger partial charge >= 0.3 is 0 Å². The van der Waals surface area contributed by atoms with Crippen LogP contribution in [-0.4, -0.2) is 24.7 Å². The topological polar surface area (TPSA) is 41.1 Å². The van der Waals surface area contributed by atoms with Gasteiger partial charge in [-0.05, 0) is 22.4 Å². The predicted molar refractivity (Wildman–Crippen MR) is 64.7 cm³/mol. The van der Waals surface area contributed by atoms with Crippen LogP contribution in [0, 0.1) is 0 Å². The van der Waals surface area contributed by atoms with Crippen LogP contribution in [0.5, 0.6) is 0 Å². The van der Waals surface area contributed by atoms with Gasteiger partial charge in [-0.3, -0.25) is 4.79 Å². The van der Waals surface area contributed by atoms with Gasteiger partial charge in [0.05, 0.1) is 6.04 Å². The Balaban J connectivity index is 0.00000128. The van der Waals surface area contributed by atoms with E-state index in [4.69, 9.17) is 0 Å². The summed E-state index contributed by atoms with van der Waals surface area (Å²) in [6, 6.07) is 1.60. The number of carbonyl (C=O) groups excluding carboxylic acids is 1. The van der Waals surface area contributed by atoms with Crippen LogP contribution in [-0.2, 0) is 11.3 Å². The van der Waals surface area contributed by atoms with E-state index in [1.807, 2.05) is 16.8 Å². The van der Waals surface area contributed by atoms with Gasteiger partial charge in [-0.15, -0.1) is 12.4 Å². The molecule has 1 aliphatic heterocycles. The maximum Gasteiger partial charge on any atom is 0.237 e. The van der Waals surface area contributed by atoms with Crippen molar-refractivity contribution in [3.05, 3.63) is 22.4 Å². The molecule has 0 saturated carbocycles. The van der Waals surface area contributed by atoms with Crippen LogP contribution in [0.2, 0.25) is 0 Å². The zero-order valence-corrected chi connectivity index (χ0v) is 10.2. The maximum absolute atomic E-state index is 12.8. The standard InChI is InChI=1S/C10H13FN2OS.ClH/c11-8-3-9(12-5-8)10(14)13-4-7-1-2-15-6-7;/h1-2,6,8-9,12H,3-5H2,(H,13,14);1H/t8-,9+;/m0./s1. The second-order valence-corrected chi connectivity index (χ2v) is 4.42. The highest BCUT2D eigenvalue weighted by atomic mass is 35.5. The molecule has 1 aromatic rings. The quantitative estimate of drug-likeness (QED) is 0.869. The molecule has 0 radical (unpaired) electrons. The Labute approximate surface area is 104 Å². The van der Waals surface area contributed by atoms with E-state index in [2.05, 4.69) is 10.6 Å². The highest BCUT2D eigenvalue weighted by molar-refractivity contribution is 7.07. The average molecular weight is 265 g/mol. The normalized spacial score (nSPS) is 23.8. The molecular weight excluding hydrogens is 251 g/mol. The molecule has 1 aromatic heterocycles. The fourth-order valence-corrected chi connectivity index (χ4v) is 2.27. The van der Waals surface area contributed by atoms with Crippen LogP contribution in [0.4, 0.5) is 4.39 Å². The van der Waals surface area contributed by atoms with Crippen LogP contribution < -0.4 is 10.6 Å².